The number of methoxy groups -OCH3 is 1. The van der Waals surface area contributed by atoms with E-state index < -0.39 is 0 Å². The molecule has 0 spiro atoms. The molecule has 2 aromatic carbocycles. The van der Waals surface area contributed by atoms with E-state index in [4.69, 9.17) is 19.2 Å². The number of rotatable bonds is 5. The van der Waals surface area contributed by atoms with Gasteiger partial charge in [-0.05, 0) is 48.9 Å². The molecule has 0 saturated heterocycles. The first kappa shape index (κ1) is 16.7. The van der Waals surface area contributed by atoms with E-state index in [1.807, 2.05) is 19.1 Å². The van der Waals surface area contributed by atoms with Crippen molar-refractivity contribution in [3.63, 3.8) is 0 Å². The van der Waals surface area contributed by atoms with Crippen LogP contribution in [0.3, 0.4) is 0 Å². The van der Waals surface area contributed by atoms with Crippen LogP contribution in [0.5, 0.6) is 17.2 Å². The standard InChI is InChI=1S/C20H17NO4S/c1-12-7-14-8-18-19(25-11-24-18)9-16(14)21-20(12)26-10-17(22)13-3-5-15(23-2)6-4-13/h3-9H,10-11H2,1-2H3. The molecule has 132 valence electrons. The number of carbonyl (C=O) groups excluding carboxylic acids is 1. The van der Waals surface area contributed by atoms with Gasteiger partial charge in [-0.25, -0.2) is 4.98 Å². The molecule has 0 atom stereocenters. The number of hydrogen-bond donors (Lipinski definition) is 0. The first-order chi connectivity index (χ1) is 12.6. The van der Waals surface area contributed by atoms with Crippen molar-refractivity contribution in [2.75, 3.05) is 19.7 Å². The Balaban J connectivity index is 1.53. The first-order valence-corrected chi connectivity index (χ1v) is 9.13. The van der Waals surface area contributed by atoms with Crippen LogP contribution in [0, 0.1) is 6.92 Å². The Hall–Kier alpha value is -2.73. The summed E-state index contributed by atoms with van der Waals surface area (Å²) in [5.74, 6) is 2.58. The second-order valence-electron chi connectivity index (χ2n) is 5.95. The van der Waals surface area contributed by atoms with Gasteiger partial charge in [-0.3, -0.25) is 4.79 Å². The fourth-order valence-electron chi connectivity index (χ4n) is 2.79. The molecule has 5 nitrogen and oxygen atoms in total. The van der Waals surface area contributed by atoms with Gasteiger partial charge in [0.2, 0.25) is 6.79 Å². The zero-order valence-corrected chi connectivity index (χ0v) is 15.3. The van der Waals surface area contributed by atoms with Gasteiger partial charge < -0.3 is 14.2 Å². The molecule has 26 heavy (non-hydrogen) atoms. The summed E-state index contributed by atoms with van der Waals surface area (Å²) in [6.45, 7) is 2.24. The topological polar surface area (TPSA) is 57.7 Å². The lowest BCUT2D eigenvalue weighted by atomic mass is 10.1. The van der Waals surface area contributed by atoms with E-state index in [0.717, 1.165) is 33.0 Å². The van der Waals surface area contributed by atoms with E-state index in [2.05, 4.69) is 6.07 Å². The first-order valence-electron chi connectivity index (χ1n) is 8.15. The average molecular weight is 367 g/mol. The number of carbonyl (C=O) groups is 1. The molecular formula is C20H17NO4S. The summed E-state index contributed by atoms with van der Waals surface area (Å²) < 4.78 is 16.0. The van der Waals surface area contributed by atoms with Crippen molar-refractivity contribution in [2.45, 2.75) is 11.9 Å². The third-order valence-corrected chi connectivity index (χ3v) is 5.30. The van der Waals surface area contributed by atoms with E-state index in [-0.39, 0.29) is 12.6 Å². The third-order valence-electron chi connectivity index (χ3n) is 4.21. The monoisotopic (exact) mass is 367 g/mol. The normalized spacial score (nSPS) is 12.4. The van der Waals surface area contributed by atoms with Gasteiger partial charge in [0.1, 0.15) is 10.8 Å². The molecule has 0 amide bonds. The maximum Gasteiger partial charge on any atom is 0.231 e. The van der Waals surface area contributed by atoms with Crippen LogP contribution in [-0.2, 0) is 0 Å². The summed E-state index contributed by atoms with van der Waals surface area (Å²) >= 11 is 1.44. The molecule has 1 aliphatic rings. The SMILES string of the molecule is COc1ccc(C(=O)CSc2nc3cc4c(cc3cc2C)OCO4)cc1. The number of Topliss-reactive ketones (excluding diaryl/α,β-unsaturated/α-hetero) is 1. The number of thioether (sulfide) groups is 1. The largest absolute Gasteiger partial charge is 0.497 e. The Kier molecular flexibility index (Phi) is 4.42. The lowest BCUT2D eigenvalue weighted by molar-refractivity contribution is 0.102. The van der Waals surface area contributed by atoms with Gasteiger partial charge in [-0.2, -0.15) is 0 Å². The van der Waals surface area contributed by atoms with Crippen LogP contribution in [0.25, 0.3) is 10.9 Å². The predicted octanol–water partition coefficient (Wildman–Crippen LogP) is 4.26. The highest BCUT2D eigenvalue weighted by Gasteiger charge is 2.16. The average Bonchev–Trinajstić information content (AvgIpc) is 3.11. The molecule has 6 heteroatoms. The molecule has 1 aliphatic heterocycles. The molecule has 2 heterocycles. The van der Waals surface area contributed by atoms with E-state index in [1.54, 1.807) is 31.4 Å². The summed E-state index contributed by atoms with van der Waals surface area (Å²) in [4.78, 5) is 17.1. The zero-order valence-electron chi connectivity index (χ0n) is 14.4. The number of ether oxygens (including phenoxy) is 3. The molecule has 0 bridgehead atoms. The van der Waals surface area contributed by atoms with Gasteiger partial charge >= 0.3 is 0 Å². The number of aryl methyl sites for hydroxylation is 1. The minimum Gasteiger partial charge on any atom is -0.497 e. The Labute approximate surface area is 155 Å². The molecule has 1 aromatic heterocycles. The summed E-state index contributed by atoms with van der Waals surface area (Å²) in [6, 6.07) is 13.0. The Morgan fingerprint density at radius 1 is 1.15 bits per heavy atom. The van der Waals surface area contributed by atoms with Crippen molar-refractivity contribution in [1.29, 1.82) is 0 Å². The summed E-state index contributed by atoms with van der Waals surface area (Å²) in [5.41, 5.74) is 2.53. The second kappa shape index (κ2) is 6.88. The van der Waals surface area contributed by atoms with Crippen LogP contribution < -0.4 is 14.2 Å². The summed E-state index contributed by atoms with van der Waals surface area (Å²) in [6.07, 6.45) is 0. The van der Waals surface area contributed by atoms with Crippen LogP contribution in [-0.4, -0.2) is 30.4 Å². The molecular weight excluding hydrogens is 350 g/mol. The van der Waals surface area contributed by atoms with E-state index in [1.165, 1.54) is 11.8 Å². The fourth-order valence-corrected chi connectivity index (χ4v) is 3.68. The van der Waals surface area contributed by atoms with Gasteiger partial charge in [-0.1, -0.05) is 11.8 Å². The highest BCUT2D eigenvalue weighted by atomic mass is 32.2. The number of aromatic nitrogens is 1. The molecule has 0 fully saturated rings. The quantitative estimate of drug-likeness (QED) is 0.496. The molecule has 0 N–H and O–H groups in total. The highest BCUT2D eigenvalue weighted by Crippen LogP contribution is 2.37. The van der Waals surface area contributed by atoms with Crippen molar-refractivity contribution >= 4 is 28.4 Å². The Morgan fingerprint density at radius 2 is 1.88 bits per heavy atom. The van der Waals surface area contributed by atoms with Gasteiger partial charge in [0.15, 0.2) is 17.3 Å². The van der Waals surface area contributed by atoms with Gasteiger partial charge in [0, 0.05) is 17.0 Å². The third kappa shape index (κ3) is 3.20. The molecule has 0 radical (unpaired) electrons. The minimum absolute atomic E-state index is 0.0598. The Bertz CT molecular complexity index is 985. The van der Waals surface area contributed by atoms with Crippen molar-refractivity contribution in [2.24, 2.45) is 0 Å². The number of hydrogen-bond acceptors (Lipinski definition) is 6. The second-order valence-corrected chi connectivity index (χ2v) is 6.91. The molecule has 3 aromatic rings. The van der Waals surface area contributed by atoms with Gasteiger partial charge in [0.25, 0.3) is 0 Å². The fraction of sp³-hybridized carbons (Fsp3) is 0.200. The van der Waals surface area contributed by atoms with Crippen LogP contribution in [0.1, 0.15) is 15.9 Å². The van der Waals surface area contributed by atoms with E-state index in [0.29, 0.717) is 17.1 Å². The van der Waals surface area contributed by atoms with Crippen LogP contribution in [0.4, 0.5) is 0 Å². The lowest BCUT2D eigenvalue weighted by Crippen LogP contribution is -2.03. The van der Waals surface area contributed by atoms with E-state index in [9.17, 15) is 4.79 Å². The number of benzene rings is 2. The number of ketones is 1. The lowest BCUT2D eigenvalue weighted by Gasteiger charge is -2.08. The summed E-state index contributed by atoms with van der Waals surface area (Å²) in [7, 11) is 1.60. The van der Waals surface area contributed by atoms with Gasteiger partial charge in [-0.15, -0.1) is 0 Å². The number of fused-ring (bicyclic) bond motifs is 2. The van der Waals surface area contributed by atoms with Crippen LogP contribution in [0.2, 0.25) is 0 Å². The van der Waals surface area contributed by atoms with Crippen molar-refractivity contribution in [3.8, 4) is 17.2 Å². The zero-order chi connectivity index (χ0) is 18.1. The minimum atomic E-state index is 0.0598. The van der Waals surface area contributed by atoms with Crippen molar-refractivity contribution in [3.05, 3.63) is 53.6 Å². The maximum absolute atomic E-state index is 12.4. The summed E-state index contributed by atoms with van der Waals surface area (Å²) in [5, 5.41) is 1.84. The molecule has 0 saturated carbocycles. The van der Waals surface area contributed by atoms with Crippen molar-refractivity contribution in [1.82, 2.24) is 4.98 Å². The molecule has 4 rings (SSSR count). The molecule has 0 aliphatic carbocycles. The number of pyridine rings is 1. The number of nitrogens with zero attached hydrogens (tertiary/aromatic N) is 1. The Morgan fingerprint density at radius 3 is 2.62 bits per heavy atom. The van der Waals surface area contributed by atoms with Crippen LogP contribution in [0.15, 0.2) is 47.5 Å². The molecule has 0 unspecified atom stereocenters. The van der Waals surface area contributed by atoms with Gasteiger partial charge in [0.05, 0.1) is 18.4 Å². The van der Waals surface area contributed by atoms with Crippen LogP contribution >= 0.6 is 11.8 Å². The predicted molar refractivity (Wildman–Crippen MR) is 101 cm³/mol. The smallest absolute Gasteiger partial charge is 0.231 e. The maximum atomic E-state index is 12.4. The van der Waals surface area contributed by atoms with Crippen molar-refractivity contribution < 1.29 is 19.0 Å². The van der Waals surface area contributed by atoms with E-state index >= 15 is 0 Å². The highest BCUT2D eigenvalue weighted by molar-refractivity contribution is 8.00.